The molecular formula is C30H29N5O5. The predicted octanol–water partition coefficient (Wildman–Crippen LogP) is 3.00. The highest BCUT2D eigenvalue weighted by Crippen LogP contribution is 2.15. The highest BCUT2D eigenvalue weighted by Gasteiger charge is 2.27. The summed E-state index contributed by atoms with van der Waals surface area (Å²) in [6, 6.07) is 25.9. The molecule has 0 aliphatic rings. The highest BCUT2D eigenvalue weighted by molar-refractivity contribution is 6.38. The van der Waals surface area contributed by atoms with Crippen LogP contribution in [0, 0.1) is 6.92 Å². The van der Waals surface area contributed by atoms with E-state index in [0.717, 1.165) is 16.7 Å². The number of carbonyl (C=O) groups is 4. The molecule has 1 heterocycles. The molecule has 0 spiro atoms. The first-order chi connectivity index (χ1) is 19.3. The minimum Gasteiger partial charge on any atom is -0.445 e. The van der Waals surface area contributed by atoms with Gasteiger partial charge in [-0.2, -0.15) is 5.10 Å². The quantitative estimate of drug-likeness (QED) is 0.250. The van der Waals surface area contributed by atoms with Crippen LogP contribution in [0.25, 0.3) is 5.69 Å². The molecule has 0 bridgehead atoms. The maximum absolute atomic E-state index is 13.3. The number of nitrogens with zero attached hydrogens (tertiary/aromatic N) is 2. The van der Waals surface area contributed by atoms with E-state index in [1.807, 2.05) is 36.4 Å². The van der Waals surface area contributed by atoms with Crippen molar-refractivity contribution in [3.8, 4) is 5.69 Å². The summed E-state index contributed by atoms with van der Waals surface area (Å²) >= 11 is 0. The van der Waals surface area contributed by atoms with E-state index in [1.165, 1.54) is 4.68 Å². The molecular weight excluding hydrogens is 510 g/mol. The van der Waals surface area contributed by atoms with Gasteiger partial charge >= 0.3 is 6.09 Å². The van der Waals surface area contributed by atoms with E-state index in [4.69, 9.17) is 10.5 Å². The van der Waals surface area contributed by atoms with E-state index in [2.05, 4.69) is 15.7 Å². The van der Waals surface area contributed by atoms with Crippen LogP contribution in [0.15, 0.2) is 91.0 Å². The molecule has 0 aliphatic carbocycles. The second kappa shape index (κ2) is 13.0. The van der Waals surface area contributed by atoms with Crippen molar-refractivity contribution < 1.29 is 23.9 Å². The largest absolute Gasteiger partial charge is 0.445 e. The Morgan fingerprint density at radius 2 is 1.50 bits per heavy atom. The standard InChI is InChI=1S/C30H29N5O5/c1-20-16-26(29(38)33-25(27(36)28(31)37)17-21-8-4-2-5-9-21)35(34-20)24-14-12-22(13-15-24)18-32-30(39)40-19-23-10-6-3-7-11-23/h2-16,25H,17-19H2,1H3,(H2,31,37)(H,32,39)(H,33,38). The van der Waals surface area contributed by atoms with Crippen LogP contribution in [0.3, 0.4) is 0 Å². The second-order valence-corrected chi connectivity index (χ2v) is 9.11. The number of primary amides is 1. The van der Waals surface area contributed by atoms with Crippen molar-refractivity contribution in [2.24, 2.45) is 5.73 Å². The Hall–Kier alpha value is -5.25. The summed E-state index contributed by atoms with van der Waals surface area (Å²) in [4.78, 5) is 49.4. The third-order valence-corrected chi connectivity index (χ3v) is 6.04. The Kier molecular flexibility index (Phi) is 9.03. The number of nitrogens with one attached hydrogen (secondary N) is 2. The fourth-order valence-corrected chi connectivity index (χ4v) is 4.02. The summed E-state index contributed by atoms with van der Waals surface area (Å²) in [5, 5.41) is 9.77. The third kappa shape index (κ3) is 7.41. The molecule has 1 unspecified atom stereocenters. The average molecular weight is 540 g/mol. The lowest BCUT2D eigenvalue weighted by atomic mass is 10.0. The lowest BCUT2D eigenvalue weighted by Crippen LogP contribution is -2.47. The zero-order valence-corrected chi connectivity index (χ0v) is 21.9. The first kappa shape index (κ1) is 27.8. The van der Waals surface area contributed by atoms with Gasteiger partial charge in [-0.3, -0.25) is 14.4 Å². The van der Waals surface area contributed by atoms with Crippen LogP contribution in [0.2, 0.25) is 0 Å². The summed E-state index contributed by atoms with van der Waals surface area (Å²) in [5.74, 6) is -2.60. The molecule has 4 rings (SSSR count). The van der Waals surface area contributed by atoms with Crippen molar-refractivity contribution >= 4 is 23.7 Å². The van der Waals surface area contributed by atoms with Crippen molar-refractivity contribution in [1.29, 1.82) is 0 Å². The third-order valence-electron chi connectivity index (χ3n) is 6.04. The van der Waals surface area contributed by atoms with Crippen molar-refractivity contribution in [2.75, 3.05) is 0 Å². The fourth-order valence-electron chi connectivity index (χ4n) is 4.02. The van der Waals surface area contributed by atoms with Gasteiger partial charge in [-0.05, 0) is 41.8 Å². The van der Waals surface area contributed by atoms with E-state index >= 15 is 0 Å². The molecule has 0 saturated carbocycles. The number of alkyl carbamates (subject to hydrolysis) is 1. The maximum Gasteiger partial charge on any atom is 0.407 e. The Balaban J connectivity index is 1.41. The monoisotopic (exact) mass is 539 g/mol. The lowest BCUT2D eigenvalue weighted by molar-refractivity contribution is -0.137. The second-order valence-electron chi connectivity index (χ2n) is 9.11. The van der Waals surface area contributed by atoms with Gasteiger partial charge in [-0.1, -0.05) is 72.8 Å². The minimum absolute atomic E-state index is 0.108. The van der Waals surface area contributed by atoms with E-state index in [-0.39, 0.29) is 25.3 Å². The summed E-state index contributed by atoms with van der Waals surface area (Å²) in [7, 11) is 0. The topological polar surface area (TPSA) is 145 Å². The van der Waals surface area contributed by atoms with Crippen LogP contribution in [-0.4, -0.2) is 39.5 Å². The zero-order chi connectivity index (χ0) is 28.5. The number of nitrogens with two attached hydrogens (primary N) is 1. The number of hydrogen-bond acceptors (Lipinski definition) is 6. The molecule has 0 aliphatic heterocycles. The maximum atomic E-state index is 13.3. The van der Waals surface area contributed by atoms with Crippen LogP contribution < -0.4 is 16.4 Å². The number of ether oxygens (including phenoxy) is 1. The Morgan fingerprint density at radius 1 is 0.875 bits per heavy atom. The minimum atomic E-state index is -1.13. The first-order valence-electron chi connectivity index (χ1n) is 12.6. The summed E-state index contributed by atoms with van der Waals surface area (Å²) in [6.45, 7) is 2.16. The predicted molar refractivity (Wildman–Crippen MR) is 147 cm³/mol. The molecule has 10 heteroatoms. The number of Topliss-reactive ketones (excluding diaryl/α,β-unsaturated/α-hetero) is 1. The molecule has 3 aromatic carbocycles. The number of amides is 3. The van der Waals surface area contributed by atoms with E-state index in [9.17, 15) is 19.2 Å². The first-order valence-corrected chi connectivity index (χ1v) is 12.6. The SMILES string of the molecule is Cc1cc(C(=O)NC(Cc2ccccc2)C(=O)C(N)=O)n(-c2ccc(CNC(=O)OCc3ccccc3)cc2)n1. The zero-order valence-electron chi connectivity index (χ0n) is 21.9. The number of ketones is 1. The van der Waals surface area contributed by atoms with Crippen molar-refractivity contribution in [3.63, 3.8) is 0 Å². The number of carbonyl (C=O) groups excluding carboxylic acids is 4. The van der Waals surface area contributed by atoms with Gasteiger partial charge in [0.15, 0.2) is 0 Å². The van der Waals surface area contributed by atoms with Crippen LogP contribution >= 0.6 is 0 Å². The van der Waals surface area contributed by atoms with Gasteiger partial charge in [-0.25, -0.2) is 9.48 Å². The molecule has 4 N–H and O–H groups in total. The number of rotatable bonds is 11. The van der Waals surface area contributed by atoms with Crippen LogP contribution in [0.1, 0.15) is 32.9 Å². The van der Waals surface area contributed by atoms with E-state index in [1.54, 1.807) is 61.5 Å². The molecule has 4 aromatic rings. The molecule has 0 radical (unpaired) electrons. The van der Waals surface area contributed by atoms with Crippen molar-refractivity contribution in [1.82, 2.24) is 20.4 Å². The average Bonchev–Trinajstić information content (AvgIpc) is 3.37. The van der Waals surface area contributed by atoms with Gasteiger partial charge in [0, 0.05) is 13.0 Å². The molecule has 1 atom stereocenters. The molecule has 204 valence electrons. The van der Waals surface area contributed by atoms with Crippen molar-refractivity contribution in [2.45, 2.75) is 32.5 Å². The highest BCUT2D eigenvalue weighted by atomic mass is 16.5. The van der Waals surface area contributed by atoms with Crippen LogP contribution in [0.5, 0.6) is 0 Å². The summed E-state index contributed by atoms with van der Waals surface area (Å²) < 4.78 is 6.68. The number of benzene rings is 3. The molecule has 1 aromatic heterocycles. The summed E-state index contributed by atoms with van der Waals surface area (Å²) in [6.07, 6.45) is -0.429. The van der Waals surface area contributed by atoms with Gasteiger partial charge in [0.25, 0.3) is 11.8 Å². The Labute approximate surface area is 231 Å². The number of aryl methyl sites for hydroxylation is 1. The van der Waals surface area contributed by atoms with E-state index < -0.39 is 29.7 Å². The van der Waals surface area contributed by atoms with Gasteiger partial charge in [0.2, 0.25) is 5.78 Å². The number of hydrogen-bond donors (Lipinski definition) is 3. The molecule has 0 saturated heterocycles. The smallest absolute Gasteiger partial charge is 0.407 e. The van der Waals surface area contributed by atoms with Gasteiger partial charge in [-0.15, -0.1) is 0 Å². The number of aromatic nitrogens is 2. The summed E-state index contributed by atoms with van der Waals surface area (Å²) in [5.41, 5.74) is 9.06. The molecule has 10 nitrogen and oxygen atoms in total. The molecule has 3 amide bonds. The fraction of sp³-hybridized carbons (Fsp3) is 0.167. The van der Waals surface area contributed by atoms with Crippen LogP contribution in [0.4, 0.5) is 4.79 Å². The molecule has 40 heavy (non-hydrogen) atoms. The van der Waals surface area contributed by atoms with Gasteiger partial charge < -0.3 is 21.1 Å². The Morgan fingerprint density at radius 3 is 2.12 bits per heavy atom. The lowest BCUT2D eigenvalue weighted by Gasteiger charge is -2.17. The van der Waals surface area contributed by atoms with E-state index in [0.29, 0.717) is 11.4 Å². The van der Waals surface area contributed by atoms with Gasteiger partial charge in [0.1, 0.15) is 18.3 Å². The van der Waals surface area contributed by atoms with Crippen LogP contribution in [-0.2, 0) is 33.9 Å². The normalized spacial score (nSPS) is 11.3. The molecule has 0 fully saturated rings. The van der Waals surface area contributed by atoms with Crippen molar-refractivity contribution in [3.05, 3.63) is 119 Å². The Bertz CT molecular complexity index is 1480. The van der Waals surface area contributed by atoms with Gasteiger partial charge in [0.05, 0.1) is 11.4 Å².